The average molecular weight is 341 g/mol. The fraction of sp³-hybridized carbons (Fsp3) is 0.136. The number of benzene rings is 2. The second-order valence-corrected chi connectivity index (χ2v) is 5.93. The molecule has 0 fully saturated rings. The molecule has 0 saturated heterocycles. The first-order valence-electron chi connectivity index (χ1n) is 8.51. The Kier molecular flexibility index (Phi) is 5.40. The van der Waals surface area contributed by atoms with Crippen LogP contribution >= 0.6 is 0 Å². The minimum absolute atomic E-state index is 0.0226. The lowest BCUT2D eigenvalue weighted by Gasteiger charge is -2.23. The molecule has 3 rings (SSSR count). The van der Waals surface area contributed by atoms with Gasteiger partial charge in [0.2, 0.25) is 5.91 Å². The number of aromatic nitrogens is 1. The first kappa shape index (κ1) is 17.4. The van der Waals surface area contributed by atoms with Crippen LogP contribution in [0.25, 0.3) is 11.1 Å². The molecule has 0 unspecified atom stereocenters. The van der Waals surface area contributed by atoms with Gasteiger partial charge in [0, 0.05) is 24.5 Å². The highest BCUT2D eigenvalue weighted by Crippen LogP contribution is 2.23. The lowest BCUT2D eigenvalue weighted by molar-refractivity contribution is -0.118. The van der Waals surface area contributed by atoms with Crippen molar-refractivity contribution in [1.29, 1.82) is 5.26 Å². The van der Waals surface area contributed by atoms with Crippen LogP contribution in [-0.2, 0) is 11.3 Å². The predicted molar refractivity (Wildman–Crippen MR) is 102 cm³/mol. The molecule has 0 radical (unpaired) electrons. The molecule has 2 aromatic carbocycles. The van der Waals surface area contributed by atoms with Gasteiger partial charge in [0.25, 0.3) is 0 Å². The lowest BCUT2D eigenvalue weighted by atomic mass is 10.0. The summed E-state index contributed by atoms with van der Waals surface area (Å²) in [6.45, 7) is 2.30. The van der Waals surface area contributed by atoms with Gasteiger partial charge in [-0.3, -0.25) is 9.78 Å². The summed E-state index contributed by atoms with van der Waals surface area (Å²) in [6.07, 6.45) is 3.94. The summed E-state index contributed by atoms with van der Waals surface area (Å²) in [7, 11) is 0. The number of carbonyl (C=O) groups is 1. The number of pyridine rings is 1. The first-order chi connectivity index (χ1) is 12.7. The van der Waals surface area contributed by atoms with Crippen molar-refractivity contribution in [3.05, 3.63) is 84.2 Å². The minimum atomic E-state index is 0.0226. The highest BCUT2D eigenvalue weighted by Gasteiger charge is 2.15. The van der Waals surface area contributed by atoms with Crippen LogP contribution in [0.5, 0.6) is 0 Å². The zero-order valence-corrected chi connectivity index (χ0v) is 14.6. The van der Waals surface area contributed by atoms with E-state index in [1.165, 1.54) is 0 Å². The van der Waals surface area contributed by atoms with Crippen molar-refractivity contribution in [2.45, 2.75) is 19.9 Å². The van der Waals surface area contributed by atoms with Gasteiger partial charge in [0.15, 0.2) is 0 Å². The van der Waals surface area contributed by atoms with E-state index in [1.807, 2.05) is 43.3 Å². The molecule has 26 heavy (non-hydrogen) atoms. The van der Waals surface area contributed by atoms with Crippen molar-refractivity contribution < 1.29 is 4.79 Å². The van der Waals surface area contributed by atoms with Gasteiger partial charge in [0.05, 0.1) is 18.2 Å². The number of carbonyl (C=O) groups excluding carboxylic acids is 1. The largest absolute Gasteiger partial charge is 0.308 e. The molecule has 1 heterocycles. The monoisotopic (exact) mass is 341 g/mol. The van der Waals surface area contributed by atoms with Gasteiger partial charge in [-0.1, -0.05) is 31.2 Å². The molecule has 0 aliphatic rings. The number of hydrogen-bond donors (Lipinski definition) is 0. The summed E-state index contributed by atoms with van der Waals surface area (Å²) in [6, 6.07) is 21.3. The Labute approximate surface area is 153 Å². The third-order valence-corrected chi connectivity index (χ3v) is 4.17. The average Bonchev–Trinajstić information content (AvgIpc) is 2.72. The van der Waals surface area contributed by atoms with Gasteiger partial charge in [0.1, 0.15) is 0 Å². The molecule has 128 valence electrons. The summed E-state index contributed by atoms with van der Waals surface area (Å²) in [5, 5.41) is 9.13. The van der Waals surface area contributed by atoms with Crippen LogP contribution in [0.1, 0.15) is 24.5 Å². The number of rotatable bonds is 5. The van der Waals surface area contributed by atoms with Crippen LogP contribution in [0, 0.1) is 11.3 Å². The zero-order chi connectivity index (χ0) is 18.4. The van der Waals surface area contributed by atoms with E-state index < -0.39 is 0 Å². The summed E-state index contributed by atoms with van der Waals surface area (Å²) in [5.41, 5.74) is 4.48. The van der Waals surface area contributed by atoms with Crippen molar-refractivity contribution in [3.63, 3.8) is 0 Å². The fourth-order valence-corrected chi connectivity index (χ4v) is 2.83. The highest BCUT2D eigenvalue weighted by molar-refractivity contribution is 5.93. The Morgan fingerprint density at radius 3 is 2.54 bits per heavy atom. The molecule has 0 spiro atoms. The molecule has 4 nitrogen and oxygen atoms in total. The minimum Gasteiger partial charge on any atom is -0.308 e. The van der Waals surface area contributed by atoms with Gasteiger partial charge in [-0.25, -0.2) is 0 Å². The van der Waals surface area contributed by atoms with Gasteiger partial charge in [-0.2, -0.15) is 5.26 Å². The summed E-state index contributed by atoms with van der Waals surface area (Å²) < 4.78 is 0. The van der Waals surface area contributed by atoms with E-state index in [4.69, 9.17) is 5.26 Å². The standard InChI is InChI=1S/C22H19N3O/c1-2-22(26)25(21-8-4-5-17(14-21)15-23)16-18-6-3-7-20(13-18)19-9-11-24-12-10-19/h3-14H,2,16H2,1H3. The van der Waals surface area contributed by atoms with E-state index in [-0.39, 0.29) is 5.91 Å². The molecule has 3 aromatic rings. The molecule has 0 bridgehead atoms. The molecule has 0 N–H and O–H groups in total. The molecule has 1 aromatic heterocycles. The molecule has 0 aliphatic heterocycles. The van der Waals surface area contributed by atoms with Crippen LogP contribution in [0.4, 0.5) is 5.69 Å². The maximum Gasteiger partial charge on any atom is 0.227 e. The van der Waals surface area contributed by atoms with E-state index in [0.717, 1.165) is 22.4 Å². The molecule has 0 aliphatic carbocycles. The van der Waals surface area contributed by atoms with Crippen molar-refractivity contribution in [3.8, 4) is 17.2 Å². The Morgan fingerprint density at radius 2 is 1.81 bits per heavy atom. The summed E-state index contributed by atoms with van der Waals surface area (Å²) in [5.74, 6) is 0.0226. The van der Waals surface area contributed by atoms with E-state index in [0.29, 0.717) is 18.5 Å². The Morgan fingerprint density at radius 1 is 1.04 bits per heavy atom. The Bertz CT molecular complexity index is 945. The number of nitriles is 1. The molecular formula is C22H19N3O. The fourth-order valence-electron chi connectivity index (χ4n) is 2.83. The van der Waals surface area contributed by atoms with Crippen LogP contribution < -0.4 is 4.90 Å². The summed E-state index contributed by atoms with van der Waals surface area (Å²) in [4.78, 5) is 18.3. The maximum absolute atomic E-state index is 12.5. The Hall–Kier alpha value is -3.45. The van der Waals surface area contributed by atoms with E-state index in [9.17, 15) is 4.79 Å². The number of anilines is 1. The van der Waals surface area contributed by atoms with Crippen molar-refractivity contribution in [1.82, 2.24) is 4.98 Å². The van der Waals surface area contributed by atoms with Crippen molar-refractivity contribution in [2.75, 3.05) is 4.90 Å². The topological polar surface area (TPSA) is 57.0 Å². The highest BCUT2D eigenvalue weighted by atomic mass is 16.2. The van der Waals surface area contributed by atoms with Gasteiger partial charge in [-0.15, -0.1) is 0 Å². The molecular weight excluding hydrogens is 322 g/mol. The van der Waals surface area contributed by atoms with Gasteiger partial charge in [-0.05, 0) is 53.1 Å². The lowest BCUT2D eigenvalue weighted by Crippen LogP contribution is -2.29. The van der Waals surface area contributed by atoms with E-state index in [2.05, 4.69) is 17.1 Å². The molecule has 0 atom stereocenters. The van der Waals surface area contributed by atoms with Crippen LogP contribution in [0.2, 0.25) is 0 Å². The van der Waals surface area contributed by atoms with Crippen molar-refractivity contribution >= 4 is 11.6 Å². The third-order valence-electron chi connectivity index (χ3n) is 4.17. The number of nitrogens with zero attached hydrogens (tertiary/aromatic N) is 3. The predicted octanol–water partition coefficient (Wildman–Crippen LogP) is 4.56. The smallest absolute Gasteiger partial charge is 0.227 e. The van der Waals surface area contributed by atoms with Crippen LogP contribution in [0.3, 0.4) is 0 Å². The SMILES string of the molecule is CCC(=O)N(Cc1cccc(-c2ccncc2)c1)c1cccc(C#N)c1. The van der Waals surface area contributed by atoms with E-state index >= 15 is 0 Å². The van der Waals surface area contributed by atoms with Gasteiger partial charge < -0.3 is 4.90 Å². The van der Waals surface area contributed by atoms with E-state index in [1.54, 1.807) is 35.5 Å². The Balaban J connectivity index is 1.93. The van der Waals surface area contributed by atoms with Crippen molar-refractivity contribution in [2.24, 2.45) is 0 Å². The normalized spacial score (nSPS) is 10.2. The maximum atomic E-state index is 12.5. The zero-order valence-electron chi connectivity index (χ0n) is 14.6. The van der Waals surface area contributed by atoms with Crippen LogP contribution in [-0.4, -0.2) is 10.9 Å². The second kappa shape index (κ2) is 8.09. The number of amides is 1. The van der Waals surface area contributed by atoms with Gasteiger partial charge >= 0.3 is 0 Å². The first-order valence-corrected chi connectivity index (χ1v) is 8.51. The van der Waals surface area contributed by atoms with Crippen LogP contribution in [0.15, 0.2) is 73.1 Å². The third kappa shape index (κ3) is 3.96. The molecule has 4 heteroatoms. The molecule has 0 saturated carbocycles. The quantitative estimate of drug-likeness (QED) is 0.683. The summed E-state index contributed by atoms with van der Waals surface area (Å²) >= 11 is 0. The second-order valence-electron chi connectivity index (χ2n) is 5.93. The number of hydrogen-bond acceptors (Lipinski definition) is 3. The molecule has 1 amide bonds.